The average Bonchev–Trinajstić information content (AvgIpc) is 3.30. The number of alkyl halides is 3. The first-order valence-corrected chi connectivity index (χ1v) is 9.54. The summed E-state index contributed by atoms with van der Waals surface area (Å²) in [6, 6.07) is 5.63. The van der Waals surface area contributed by atoms with Gasteiger partial charge in [0.2, 0.25) is 5.91 Å². The van der Waals surface area contributed by atoms with Crippen LogP contribution < -0.4 is 10.6 Å². The summed E-state index contributed by atoms with van der Waals surface area (Å²) in [7, 11) is 0. The Morgan fingerprint density at radius 2 is 2.04 bits per heavy atom. The second kappa shape index (κ2) is 7.99. The lowest BCUT2D eigenvalue weighted by molar-refractivity contribution is -0.137. The molecule has 0 spiro atoms. The molecule has 144 valence electrons. The van der Waals surface area contributed by atoms with Crippen molar-refractivity contribution in [3.63, 3.8) is 0 Å². The van der Waals surface area contributed by atoms with Crippen LogP contribution in [0.5, 0.6) is 0 Å². The maximum absolute atomic E-state index is 13.1. The molecule has 1 saturated carbocycles. The van der Waals surface area contributed by atoms with Gasteiger partial charge in [0.05, 0.1) is 5.56 Å². The van der Waals surface area contributed by atoms with Crippen molar-refractivity contribution in [3.05, 3.63) is 35.4 Å². The van der Waals surface area contributed by atoms with Crippen LogP contribution in [0.4, 0.5) is 13.2 Å². The van der Waals surface area contributed by atoms with Gasteiger partial charge in [-0.25, -0.2) is 0 Å². The first-order chi connectivity index (χ1) is 12.4. The van der Waals surface area contributed by atoms with Gasteiger partial charge in [0.25, 0.3) is 0 Å². The molecule has 3 nitrogen and oxygen atoms in total. The molecule has 26 heavy (non-hydrogen) atoms. The minimum absolute atomic E-state index is 0.00940. The van der Waals surface area contributed by atoms with E-state index in [0.29, 0.717) is 24.4 Å². The Bertz CT molecular complexity index is 618. The predicted molar refractivity (Wildman–Crippen MR) is 94.8 cm³/mol. The fourth-order valence-corrected chi connectivity index (χ4v) is 4.30. The second-order valence-corrected chi connectivity index (χ2v) is 7.74. The quantitative estimate of drug-likeness (QED) is 0.796. The molecule has 1 unspecified atom stereocenters. The van der Waals surface area contributed by atoms with Crippen molar-refractivity contribution in [1.29, 1.82) is 0 Å². The van der Waals surface area contributed by atoms with Crippen LogP contribution in [-0.2, 0) is 16.4 Å². The van der Waals surface area contributed by atoms with Crippen LogP contribution in [0.15, 0.2) is 24.3 Å². The van der Waals surface area contributed by atoms with E-state index in [-0.39, 0.29) is 11.3 Å². The number of amides is 1. The summed E-state index contributed by atoms with van der Waals surface area (Å²) in [6.07, 6.45) is 1.75. The largest absolute Gasteiger partial charge is 0.416 e. The molecule has 1 heterocycles. The van der Waals surface area contributed by atoms with E-state index in [1.165, 1.54) is 12.1 Å². The van der Waals surface area contributed by atoms with Crippen LogP contribution in [0.25, 0.3) is 0 Å². The summed E-state index contributed by atoms with van der Waals surface area (Å²) in [5.41, 5.74) is -0.280. The maximum Gasteiger partial charge on any atom is 0.416 e. The Morgan fingerprint density at radius 1 is 1.27 bits per heavy atom. The van der Waals surface area contributed by atoms with Gasteiger partial charge in [0.1, 0.15) is 0 Å². The molecule has 0 radical (unpaired) electrons. The van der Waals surface area contributed by atoms with Gasteiger partial charge < -0.3 is 10.6 Å². The molecule has 2 N–H and O–H groups in total. The van der Waals surface area contributed by atoms with Crippen molar-refractivity contribution in [1.82, 2.24) is 10.6 Å². The van der Waals surface area contributed by atoms with E-state index in [9.17, 15) is 18.0 Å². The highest BCUT2D eigenvalue weighted by molar-refractivity contribution is 5.76. The normalized spacial score (nSPS) is 22.5. The number of rotatable bonds is 6. The average molecular weight is 368 g/mol. The van der Waals surface area contributed by atoms with Gasteiger partial charge in [-0.15, -0.1) is 0 Å². The molecule has 2 fully saturated rings. The molecule has 1 atom stereocenters. The molecular formula is C20H27F3N2O. The van der Waals surface area contributed by atoms with Crippen molar-refractivity contribution in [2.75, 3.05) is 19.6 Å². The molecule has 1 aliphatic heterocycles. The number of halogens is 3. The molecule has 3 rings (SSSR count). The van der Waals surface area contributed by atoms with E-state index in [1.807, 2.05) is 0 Å². The van der Waals surface area contributed by atoms with E-state index in [0.717, 1.165) is 57.7 Å². The van der Waals surface area contributed by atoms with E-state index in [1.54, 1.807) is 6.07 Å². The first-order valence-electron chi connectivity index (χ1n) is 9.54. The molecular weight excluding hydrogens is 341 g/mol. The van der Waals surface area contributed by atoms with Crippen molar-refractivity contribution in [2.24, 2.45) is 5.92 Å². The lowest BCUT2D eigenvalue weighted by Crippen LogP contribution is -2.39. The molecule has 2 aliphatic rings. The third-order valence-corrected chi connectivity index (χ3v) is 5.93. The van der Waals surface area contributed by atoms with Crippen LogP contribution in [0.2, 0.25) is 0 Å². The fourth-order valence-electron chi connectivity index (χ4n) is 4.30. The van der Waals surface area contributed by atoms with Crippen LogP contribution in [0, 0.1) is 5.92 Å². The van der Waals surface area contributed by atoms with E-state index >= 15 is 0 Å². The van der Waals surface area contributed by atoms with E-state index in [4.69, 9.17) is 0 Å². The highest BCUT2D eigenvalue weighted by Crippen LogP contribution is 2.42. The zero-order valence-electron chi connectivity index (χ0n) is 15.0. The smallest absolute Gasteiger partial charge is 0.355 e. The van der Waals surface area contributed by atoms with Crippen LogP contribution in [0.3, 0.4) is 0 Å². The number of hydrogen-bond acceptors (Lipinski definition) is 2. The van der Waals surface area contributed by atoms with Crippen LogP contribution >= 0.6 is 0 Å². The molecule has 0 aromatic heterocycles. The van der Waals surface area contributed by atoms with Crippen molar-refractivity contribution in [2.45, 2.75) is 56.5 Å². The van der Waals surface area contributed by atoms with Crippen LogP contribution in [-0.4, -0.2) is 25.5 Å². The third-order valence-electron chi connectivity index (χ3n) is 5.93. The van der Waals surface area contributed by atoms with Gasteiger partial charge >= 0.3 is 6.18 Å². The molecule has 6 heteroatoms. The number of hydrogen-bond donors (Lipinski definition) is 2. The topological polar surface area (TPSA) is 41.1 Å². The van der Waals surface area contributed by atoms with Gasteiger partial charge in [-0.1, -0.05) is 31.0 Å². The van der Waals surface area contributed by atoms with E-state index in [2.05, 4.69) is 10.6 Å². The van der Waals surface area contributed by atoms with Gasteiger partial charge in [0, 0.05) is 18.4 Å². The van der Waals surface area contributed by atoms with Crippen molar-refractivity contribution < 1.29 is 18.0 Å². The Labute approximate surface area is 152 Å². The number of carbonyl (C=O) groups excluding carboxylic acids is 1. The Hall–Kier alpha value is -1.56. The maximum atomic E-state index is 13.1. The van der Waals surface area contributed by atoms with E-state index < -0.39 is 11.7 Å². The van der Waals surface area contributed by atoms with Crippen molar-refractivity contribution >= 4 is 5.91 Å². The Kier molecular flexibility index (Phi) is 5.90. The lowest BCUT2D eigenvalue weighted by Gasteiger charge is -2.30. The summed E-state index contributed by atoms with van der Waals surface area (Å²) < 4.78 is 39.2. The van der Waals surface area contributed by atoms with Gasteiger partial charge in [-0.3, -0.25) is 4.79 Å². The van der Waals surface area contributed by atoms with Crippen molar-refractivity contribution in [3.8, 4) is 0 Å². The Morgan fingerprint density at radius 3 is 2.69 bits per heavy atom. The zero-order chi connectivity index (χ0) is 18.6. The molecule has 1 amide bonds. The standard InChI is InChI=1S/C20H27F3N2O/c21-20(22,23)17-5-3-4-16(12-17)19(9-1-2-10-19)14-25-18(26)7-6-15-8-11-24-13-15/h3-5,12,15,24H,1-2,6-11,13-14H2,(H,25,26). The Balaban J connectivity index is 1.63. The summed E-state index contributed by atoms with van der Waals surface area (Å²) in [5, 5.41) is 6.30. The minimum Gasteiger partial charge on any atom is -0.355 e. The van der Waals surface area contributed by atoms with Crippen LogP contribution in [0.1, 0.15) is 56.1 Å². The third kappa shape index (κ3) is 4.58. The molecule has 1 aromatic rings. The molecule has 1 aliphatic carbocycles. The lowest BCUT2D eigenvalue weighted by atomic mass is 9.78. The SMILES string of the molecule is O=C(CCC1CCNC1)NCC1(c2cccc(C(F)(F)F)c2)CCCC1. The molecule has 0 bridgehead atoms. The molecule has 1 aromatic carbocycles. The number of carbonyl (C=O) groups is 1. The van der Waals surface area contributed by atoms with Gasteiger partial charge in [-0.2, -0.15) is 13.2 Å². The zero-order valence-corrected chi connectivity index (χ0v) is 15.0. The highest BCUT2D eigenvalue weighted by Gasteiger charge is 2.38. The summed E-state index contributed by atoms with van der Waals surface area (Å²) >= 11 is 0. The summed E-state index contributed by atoms with van der Waals surface area (Å²) in [4.78, 5) is 12.2. The minimum atomic E-state index is -4.34. The fraction of sp³-hybridized carbons (Fsp3) is 0.650. The summed E-state index contributed by atoms with van der Waals surface area (Å²) in [6.45, 7) is 2.42. The van der Waals surface area contributed by atoms with Gasteiger partial charge in [0.15, 0.2) is 0 Å². The number of benzene rings is 1. The second-order valence-electron chi connectivity index (χ2n) is 7.74. The highest BCUT2D eigenvalue weighted by atomic mass is 19.4. The monoisotopic (exact) mass is 368 g/mol. The molecule has 1 saturated heterocycles. The first kappa shape index (κ1) is 19.2. The van der Waals surface area contributed by atoms with Gasteiger partial charge in [-0.05, 0) is 56.3 Å². The number of nitrogens with one attached hydrogen (secondary N) is 2. The predicted octanol–water partition coefficient (Wildman–Crippen LogP) is 4.02. The summed E-state index contributed by atoms with van der Waals surface area (Å²) in [5.74, 6) is 0.569.